The Morgan fingerprint density at radius 3 is 2.73 bits per heavy atom. The summed E-state index contributed by atoms with van der Waals surface area (Å²) < 4.78 is 215. The minimum Gasteiger partial charge on any atom is -0.381 e. The highest BCUT2D eigenvalue weighted by Gasteiger charge is 2.39. The number of morpholine rings is 1. The van der Waals surface area contributed by atoms with E-state index in [0.717, 1.165) is 0 Å². The number of piperidine rings is 1. The molecule has 5 rings (SSSR count). The number of nitrogens with one attached hydrogen (secondary N) is 2. The Kier molecular flexibility index (Phi) is 2.02. The van der Waals surface area contributed by atoms with E-state index in [1.54, 1.807) is 0 Å². The van der Waals surface area contributed by atoms with Gasteiger partial charge in [0.05, 0.1) is 33.7 Å². The number of imide groups is 1. The number of carbonyl (C=O) groups excluding carboxylic acids is 3. The Morgan fingerprint density at radius 1 is 1.12 bits per heavy atom. The van der Waals surface area contributed by atoms with E-state index in [4.69, 9.17) is 34.3 Å². The van der Waals surface area contributed by atoms with Crippen molar-refractivity contribution in [2.45, 2.75) is 38.3 Å². The van der Waals surface area contributed by atoms with Crippen molar-refractivity contribution in [2.24, 2.45) is 0 Å². The van der Waals surface area contributed by atoms with Gasteiger partial charge in [0.2, 0.25) is 11.8 Å². The first-order valence-electron chi connectivity index (χ1n) is 21.5. The van der Waals surface area contributed by atoms with E-state index in [9.17, 15) is 14.4 Å². The summed E-state index contributed by atoms with van der Waals surface area (Å²) in [7, 11) is 0. The molecule has 8 nitrogen and oxygen atoms in total. The number of fused-ring (bicyclic) bond motifs is 1. The fraction of sp³-hybridized carbons (Fsp3) is 0.400. The van der Waals surface area contributed by atoms with Gasteiger partial charge in [-0.25, -0.2) is 0 Å². The van der Waals surface area contributed by atoms with E-state index < -0.39 is 157 Å². The van der Waals surface area contributed by atoms with Crippen LogP contribution in [-0.4, -0.2) is 59.7 Å². The highest BCUT2D eigenvalue weighted by atomic mass is 16.5. The van der Waals surface area contributed by atoms with Crippen molar-refractivity contribution in [3.05, 3.63) is 64.6 Å². The molecule has 0 spiro atoms. The fourth-order valence-electron chi connectivity index (χ4n) is 2.81. The lowest BCUT2D eigenvalue weighted by Crippen LogP contribution is -2.52. The van der Waals surface area contributed by atoms with E-state index in [1.165, 1.54) is 5.32 Å². The van der Waals surface area contributed by atoms with Crippen molar-refractivity contribution in [1.29, 1.82) is 0 Å². The van der Waals surface area contributed by atoms with Crippen LogP contribution < -0.4 is 10.6 Å². The molecule has 2 saturated heterocycles. The summed E-state index contributed by atoms with van der Waals surface area (Å²) in [5, 5.41) is 3.31. The van der Waals surface area contributed by atoms with Gasteiger partial charge in [0, 0.05) is 69.4 Å². The van der Waals surface area contributed by atoms with Crippen LogP contribution in [0.1, 0.15) is 74.1 Å². The third-order valence-electron chi connectivity index (χ3n) is 4.25. The predicted octanol–water partition coefficient (Wildman–Crippen LogP) is 1.89. The summed E-state index contributed by atoms with van der Waals surface area (Å²) in [4.78, 5) is 38.2. The van der Waals surface area contributed by atoms with Crippen LogP contribution in [0.15, 0.2) is 42.3 Å². The fourth-order valence-corrected chi connectivity index (χ4v) is 2.81. The molecule has 3 aliphatic heterocycles. The summed E-state index contributed by atoms with van der Waals surface area (Å²) >= 11 is 0. The van der Waals surface area contributed by atoms with Crippen LogP contribution in [0.5, 0.6) is 0 Å². The molecule has 8 heteroatoms. The molecule has 1 unspecified atom stereocenters. The van der Waals surface area contributed by atoms with E-state index in [2.05, 4.69) is 4.74 Å². The van der Waals surface area contributed by atoms with Crippen LogP contribution in [0.2, 0.25) is 0 Å². The van der Waals surface area contributed by atoms with Gasteiger partial charge in [0.15, 0.2) is 0 Å². The lowest BCUT2D eigenvalue weighted by Gasteiger charge is -2.29. The molecule has 0 bridgehead atoms. The highest BCUT2D eigenvalue weighted by molar-refractivity contribution is 6.06. The van der Waals surface area contributed by atoms with E-state index in [1.807, 2.05) is 5.32 Å². The van der Waals surface area contributed by atoms with E-state index in [-0.39, 0.29) is 4.90 Å². The molecule has 2 fully saturated rings. The maximum atomic E-state index is 13.9. The standard InChI is InChI=1S/C25H28N4O4/c30-23-9-8-22(24(31)27-23)29-16-20-19(25(29)32)6-3-7-21(20)26-14-17-4-1-2-5-18(17)15-28-10-12-33-13-11-28/h1-7,22,26H,8-16H2,(H,27,30,31)/i1D,2D,3D,4D,5D,6D,7D,8D2,9D2,10D2,11D2,12D2,13D2,14D2,15D2,16D2. The number of ether oxygens (including phenoxy) is 1. The SMILES string of the molecule is [2H]c1c([2H])c(NC([2H])([2H])c2c([2H])c([2H])c([2H])c([2H])c2C([2H])([2H])N2C([2H])([2H])C([2H])([2H])OC([2H])([2H])C2([2H])[2H])c2c(c1[2H])C(=O)N(C1C(=O)NC(=O)C([2H])([2H])C1([2H])[2H])C2([2H])[2H]. The molecule has 1 atom stereocenters. The van der Waals surface area contributed by atoms with Crippen molar-refractivity contribution in [3.63, 3.8) is 0 Å². The largest absolute Gasteiger partial charge is 0.381 e. The summed E-state index contributed by atoms with van der Waals surface area (Å²) in [6.07, 6.45) is -7.36. The number of anilines is 1. The first kappa shape index (κ1) is 7.13. The maximum Gasteiger partial charge on any atom is 0.255 e. The molecule has 3 amide bonds. The number of benzene rings is 2. The zero-order valence-electron chi connectivity index (χ0n) is 41.1. The van der Waals surface area contributed by atoms with Gasteiger partial charge in [-0.15, -0.1) is 0 Å². The lowest BCUT2D eigenvalue weighted by molar-refractivity contribution is -0.136. The Balaban J connectivity index is 1.81. The molecule has 0 aliphatic carbocycles. The average molecular weight is 474 g/mol. The van der Waals surface area contributed by atoms with Gasteiger partial charge in [0.25, 0.3) is 5.91 Å². The third kappa shape index (κ3) is 4.49. The zero-order chi connectivity index (χ0) is 45.0. The number of hydrogen-bond acceptors (Lipinski definition) is 6. The van der Waals surface area contributed by atoms with Gasteiger partial charge >= 0.3 is 0 Å². The van der Waals surface area contributed by atoms with Crippen molar-refractivity contribution < 1.29 is 53.4 Å². The molecule has 2 aromatic carbocycles. The molecule has 0 aromatic heterocycles. The normalized spacial score (nSPS) is 43.8. The smallest absolute Gasteiger partial charge is 0.255 e. The van der Waals surface area contributed by atoms with Crippen molar-refractivity contribution in [2.75, 3.05) is 31.4 Å². The quantitative estimate of drug-likeness (QED) is 0.623. The Morgan fingerprint density at radius 2 is 1.91 bits per heavy atom. The number of carbonyl (C=O) groups is 3. The highest BCUT2D eigenvalue weighted by Crippen LogP contribution is 2.32. The van der Waals surface area contributed by atoms with E-state index >= 15 is 0 Å². The molecule has 3 aliphatic rings. The Hall–Kier alpha value is -3.23. The van der Waals surface area contributed by atoms with E-state index in [0.29, 0.717) is 0 Å². The maximum absolute atomic E-state index is 13.9. The Labute approximate surface area is 228 Å². The lowest BCUT2D eigenvalue weighted by atomic mass is 10.0. The average Bonchev–Trinajstić information content (AvgIpc) is 3.24. The molecule has 33 heavy (non-hydrogen) atoms. The molecule has 2 N–H and O–H groups in total. The summed E-state index contributed by atoms with van der Waals surface area (Å²) in [5.74, 6) is -5.38. The second-order valence-corrected chi connectivity index (χ2v) is 6.25. The topological polar surface area (TPSA) is 91.0 Å². The van der Waals surface area contributed by atoms with Crippen LogP contribution in [-0.2, 0) is 33.8 Å². The number of rotatable bonds is 6. The molecule has 2 aromatic rings. The number of amides is 3. The molecule has 172 valence electrons. The second kappa shape index (κ2) is 9.33. The van der Waals surface area contributed by atoms with Gasteiger partial charge in [-0.2, -0.15) is 0 Å². The molecule has 3 heterocycles. The first-order chi connectivity index (χ1) is 25.7. The van der Waals surface area contributed by atoms with Crippen LogP contribution >= 0.6 is 0 Å². The van der Waals surface area contributed by atoms with Crippen molar-refractivity contribution in [1.82, 2.24) is 15.1 Å². The van der Waals surface area contributed by atoms with Gasteiger partial charge < -0.3 is 15.0 Å². The van der Waals surface area contributed by atoms with Crippen LogP contribution in [0.4, 0.5) is 5.69 Å². The van der Waals surface area contributed by atoms with Gasteiger partial charge in [0.1, 0.15) is 6.04 Å². The zero-order valence-corrected chi connectivity index (χ0v) is 16.1. The molecule has 0 saturated carbocycles. The first-order valence-corrected chi connectivity index (χ1v) is 8.97. The summed E-state index contributed by atoms with van der Waals surface area (Å²) in [6.45, 7) is -27.9. The minimum atomic E-state index is -4.23. The van der Waals surface area contributed by atoms with Crippen LogP contribution in [0.3, 0.4) is 0 Å². The summed E-state index contributed by atoms with van der Waals surface area (Å²) in [5.41, 5.74) is -7.23. The second-order valence-electron chi connectivity index (χ2n) is 6.25. The van der Waals surface area contributed by atoms with Crippen molar-refractivity contribution in [3.8, 4) is 0 Å². The summed E-state index contributed by atoms with van der Waals surface area (Å²) in [6, 6.07) is -12.6. The van der Waals surface area contributed by atoms with Crippen LogP contribution in [0.25, 0.3) is 0 Å². The van der Waals surface area contributed by atoms with Gasteiger partial charge in [-0.1, -0.05) is 30.2 Å². The third-order valence-corrected chi connectivity index (χ3v) is 4.25. The molecule has 0 radical (unpaired) electrons. The van der Waals surface area contributed by atoms with Gasteiger partial charge in [-0.3, -0.25) is 24.6 Å². The number of nitrogens with zero attached hydrogens (tertiary/aromatic N) is 2. The van der Waals surface area contributed by atoms with Crippen LogP contribution in [0, 0.1) is 0 Å². The van der Waals surface area contributed by atoms with Crippen molar-refractivity contribution >= 4 is 23.4 Å². The number of hydrogen-bond donors (Lipinski definition) is 2. The predicted molar refractivity (Wildman–Crippen MR) is 122 cm³/mol. The molecular weight excluding hydrogens is 420 g/mol. The Bertz CT molecular complexity index is 2170. The van der Waals surface area contributed by atoms with Gasteiger partial charge in [-0.05, 0) is 29.6 Å². The minimum absolute atomic E-state index is 0.252. The monoisotopic (exact) mass is 473 g/mol. The molecular formula is C25H28N4O4.